The van der Waals surface area contributed by atoms with Gasteiger partial charge in [-0.05, 0) is 24.7 Å². The summed E-state index contributed by atoms with van der Waals surface area (Å²) in [6.45, 7) is 4.51. The van der Waals surface area contributed by atoms with Gasteiger partial charge in [0.1, 0.15) is 0 Å². The van der Waals surface area contributed by atoms with Crippen molar-refractivity contribution in [2.75, 3.05) is 5.33 Å². The number of alkyl halides is 1. The Hall–Kier alpha value is -0.0500. The molecule has 0 aromatic heterocycles. The summed E-state index contributed by atoms with van der Waals surface area (Å²) in [5, 5.41) is 3.42. The lowest BCUT2D eigenvalue weighted by atomic mass is 9.92. The van der Waals surface area contributed by atoms with E-state index in [1.165, 1.54) is 6.42 Å². The van der Waals surface area contributed by atoms with Gasteiger partial charge in [0.15, 0.2) is 0 Å². The molecule has 2 nitrogen and oxygen atoms in total. The van der Waals surface area contributed by atoms with E-state index < -0.39 is 0 Å². The van der Waals surface area contributed by atoms with Crippen molar-refractivity contribution < 1.29 is 4.79 Å². The lowest BCUT2D eigenvalue weighted by Crippen LogP contribution is -2.34. The van der Waals surface area contributed by atoms with Crippen LogP contribution in [0.3, 0.4) is 0 Å². The average Bonchev–Trinajstić information content (AvgIpc) is 2.30. The molecule has 0 radical (unpaired) electrons. The maximum absolute atomic E-state index is 11.0. The molecule has 1 fully saturated rings. The molecule has 12 heavy (non-hydrogen) atoms. The summed E-state index contributed by atoms with van der Waals surface area (Å²) in [4.78, 5) is 11.0. The minimum absolute atomic E-state index is 0.109. The number of carbonyl (C=O) groups excluding carboxylic acids is 1. The largest absolute Gasteiger partial charge is 0.353 e. The predicted molar refractivity (Wildman–Crippen MR) is 53.4 cm³/mol. The Morgan fingerprint density at radius 1 is 1.67 bits per heavy atom. The second kappa shape index (κ2) is 3.77. The van der Waals surface area contributed by atoms with Crippen LogP contribution in [0, 0.1) is 5.41 Å². The van der Waals surface area contributed by atoms with E-state index in [4.69, 9.17) is 0 Å². The van der Waals surface area contributed by atoms with Gasteiger partial charge in [0, 0.05) is 6.04 Å². The van der Waals surface area contributed by atoms with Crippen molar-refractivity contribution in [2.24, 2.45) is 5.41 Å². The first-order chi connectivity index (χ1) is 5.53. The third-order valence-electron chi connectivity index (χ3n) is 2.46. The molecule has 1 N–H and O–H groups in total. The molecule has 0 aliphatic heterocycles. The second-order valence-electron chi connectivity index (χ2n) is 4.31. The molecule has 0 heterocycles. The number of hydrogen-bond donors (Lipinski definition) is 1. The van der Waals surface area contributed by atoms with Crippen LogP contribution in [0.4, 0.5) is 0 Å². The summed E-state index contributed by atoms with van der Waals surface area (Å²) in [6, 6.07) is 0.407. The van der Waals surface area contributed by atoms with E-state index in [0.29, 0.717) is 16.8 Å². The number of nitrogens with one attached hydrogen (secondary N) is 1. The first kappa shape index (κ1) is 10.0. The Kier molecular flexibility index (Phi) is 3.16. The predicted octanol–water partition coefficient (Wildman–Crippen LogP) is 2.08. The van der Waals surface area contributed by atoms with Crippen LogP contribution in [0.1, 0.15) is 33.1 Å². The minimum atomic E-state index is 0.109. The summed E-state index contributed by atoms with van der Waals surface area (Å²) < 4.78 is 0. The van der Waals surface area contributed by atoms with Crippen LogP contribution in [0.25, 0.3) is 0 Å². The van der Waals surface area contributed by atoms with Crippen molar-refractivity contribution in [1.29, 1.82) is 0 Å². The molecule has 0 aromatic carbocycles. The van der Waals surface area contributed by atoms with Crippen LogP contribution in [0.5, 0.6) is 0 Å². The molecule has 0 bridgehead atoms. The Morgan fingerprint density at radius 2 is 2.33 bits per heavy atom. The van der Waals surface area contributed by atoms with Gasteiger partial charge < -0.3 is 5.32 Å². The molecule has 0 saturated heterocycles. The fourth-order valence-corrected chi connectivity index (χ4v) is 1.99. The molecule has 0 spiro atoms. The number of halogens is 1. The topological polar surface area (TPSA) is 29.1 Å². The van der Waals surface area contributed by atoms with E-state index >= 15 is 0 Å². The quantitative estimate of drug-likeness (QED) is 0.728. The van der Waals surface area contributed by atoms with Gasteiger partial charge in [0.2, 0.25) is 5.91 Å². The Labute approximate surface area is 82.2 Å². The Balaban J connectivity index is 2.33. The molecule has 1 saturated carbocycles. The number of carbonyl (C=O) groups is 1. The van der Waals surface area contributed by atoms with Crippen molar-refractivity contribution in [3.8, 4) is 0 Å². The van der Waals surface area contributed by atoms with Crippen molar-refractivity contribution in [1.82, 2.24) is 5.32 Å². The Morgan fingerprint density at radius 3 is 2.75 bits per heavy atom. The smallest absolute Gasteiger partial charge is 0.230 e. The maximum atomic E-state index is 11.0. The van der Waals surface area contributed by atoms with Crippen LogP contribution in [0.15, 0.2) is 0 Å². The van der Waals surface area contributed by atoms with Gasteiger partial charge in [-0.1, -0.05) is 29.8 Å². The molecule has 3 heteroatoms. The normalized spacial score (nSPS) is 27.1. The van der Waals surface area contributed by atoms with Gasteiger partial charge in [-0.25, -0.2) is 0 Å². The summed E-state index contributed by atoms with van der Waals surface area (Å²) >= 11 is 3.14. The maximum Gasteiger partial charge on any atom is 0.230 e. The van der Waals surface area contributed by atoms with Crippen molar-refractivity contribution >= 4 is 21.8 Å². The summed E-state index contributed by atoms with van der Waals surface area (Å²) in [6.07, 6.45) is 3.47. The average molecular weight is 234 g/mol. The summed E-state index contributed by atoms with van der Waals surface area (Å²) in [5.41, 5.74) is 0.421. The fraction of sp³-hybridized carbons (Fsp3) is 0.889. The van der Waals surface area contributed by atoms with Crippen LogP contribution in [-0.4, -0.2) is 17.3 Å². The van der Waals surface area contributed by atoms with Crippen LogP contribution < -0.4 is 5.32 Å². The van der Waals surface area contributed by atoms with Gasteiger partial charge in [0.25, 0.3) is 0 Å². The zero-order valence-electron chi connectivity index (χ0n) is 7.69. The molecule has 1 aliphatic rings. The second-order valence-corrected chi connectivity index (χ2v) is 4.87. The monoisotopic (exact) mass is 233 g/mol. The third-order valence-corrected chi connectivity index (χ3v) is 2.96. The molecular weight excluding hydrogens is 218 g/mol. The van der Waals surface area contributed by atoms with Crippen LogP contribution in [-0.2, 0) is 4.79 Å². The lowest BCUT2D eigenvalue weighted by molar-refractivity contribution is -0.119. The molecule has 1 unspecified atom stereocenters. The van der Waals surface area contributed by atoms with Crippen molar-refractivity contribution in [3.05, 3.63) is 0 Å². The lowest BCUT2D eigenvalue weighted by Gasteiger charge is -2.17. The first-order valence-electron chi connectivity index (χ1n) is 4.39. The molecule has 70 valence electrons. The van der Waals surface area contributed by atoms with E-state index in [0.717, 1.165) is 12.8 Å². The standard InChI is InChI=1S/C9H16BrNO/c1-9(2)4-3-7(5-9)11-8(12)6-10/h7H,3-6H2,1-2H3,(H,11,12). The highest BCUT2D eigenvalue weighted by Crippen LogP contribution is 2.36. The van der Waals surface area contributed by atoms with Crippen LogP contribution in [0.2, 0.25) is 0 Å². The van der Waals surface area contributed by atoms with Gasteiger partial charge in [-0.15, -0.1) is 0 Å². The molecule has 1 rings (SSSR count). The SMILES string of the molecule is CC1(C)CCC(NC(=O)CBr)C1. The van der Waals surface area contributed by atoms with Gasteiger partial charge in [-0.2, -0.15) is 0 Å². The number of hydrogen-bond acceptors (Lipinski definition) is 1. The molecule has 1 aliphatic carbocycles. The van der Waals surface area contributed by atoms with Gasteiger partial charge >= 0.3 is 0 Å². The third kappa shape index (κ3) is 2.77. The summed E-state index contributed by atoms with van der Waals surface area (Å²) in [7, 11) is 0. The molecular formula is C9H16BrNO. The Bertz CT molecular complexity index is 179. The van der Waals surface area contributed by atoms with Crippen molar-refractivity contribution in [2.45, 2.75) is 39.2 Å². The van der Waals surface area contributed by atoms with E-state index in [9.17, 15) is 4.79 Å². The highest BCUT2D eigenvalue weighted by atomic mass is 79.9. The molecule has 1 atom stereocenters. The zero-order valence-corrected chi connectivity index (χ0v) is 9.28. The van der Waals surface area contributed by atoms with E-state index in [1.54, 1.807) is 0 Å². The zero-order chi connectivity index (χ0) is 9.19. The highest BCUT2D eigenvalue weighted by Gasteiger charge is 2.31. The van der Waals surface area contributed by atoms with E-state index in [2.05, 4.69) is 35.1 Å². The minimum Gasteiger partial charge on any atom is -0.353 e. The van der Waals surface area contributed by atoms with E-state index in [-0.39, 0.29) is 5.91 Å². The molecule has 1 amide bonds. The van der Waals surface area contributed by atoms with Gasteiger partial charge in [-0.3, -0.25) is 4.79 Å². The number of rotatable bonds is 2. The van der Waals surface area contributed by atoms with Crippen molar-refractivity contribution in [3.63, 3.8) is 0 Å². The van der Waals surface area contributed by atoms with Gasteiger partial charge in [0.05, 0.1) is 5.33 Å². The van der Waals surface area contributed by atoms with E-state index in [1.807, 2.05) is 0 Å². The fourth-order valence-electron chi connectivity index (χ4n) is 1.83. The number of amides is 1. The first-order valence-corrected chi connectivity index (χ1v) is 5.51. The molecule has 0 aromatic rings. The van der Waals surface area contributed by atoms with Crippen LogP contribution >= 0.6 is 15.9 Å². The summed E-state index contributed by atoms with van der Waals surface area (Å²) in [5.74, 6) is 0.109. The highest BCUT2D eigenvalue weighted by molar-refractivity contribution is 9.09.